The van der Waals surface area contributed by atoms with Gasteiger partial charge in [-0.05, 0) is 42.0 Å². The Morgan fingerprint density at radius 2 is 1.90 bits per heavy atom. The summed E-state index contributed by atoms with van der Waals surface area (Å²) in [5.41, 5.74) is 0.750. The first kappa shape index (κ1) is 12.9. The minimum absolute atomic E-state index is 0.210. The second kappa shape index (κ2) is 4.77. The fraction of sp³-hybridized carbons (Fsp3) is 0.267. The van der Waals surface area contributed by atoms with Crippen LogP contribution in [0.1, 0.15) is 6.92 Å². The third-order valence-corrected chi connectivity index (χ3v) is 3.42. The lowest BCUT2D eigenvalue weighted by atomic mass is 10.1. The molecule has 1 saturated heterocycles. The van der Waals surface area contributed by atoms with E-state index < -0.39 is 6.29 Å². The van der Waals surface area contributed by atoms with Crippen LogP contribution in [0.2, 0.25) is 0 Å². The van der Waals surface area contributed by atoms with Crippen LogP contribution in [0.4, 0.5) is 5.69 Å². The van der Waals surface area contributed by atoms with Gasteiger partial charge in [-0.25, -0.2) is 0 Å². The SMILES string of the molecule is COC1OC(C)N(c2ccc3cc(O)ccc3c2)C1=O. The van der Waals surface area contributed by atoms with Gasteiger partial charge in [0, 0.05) is 12.8 Å². The zero-order chi connectivity index (χ0) is 14.3. The molecule has 2 aromatic carbocycles. The lowest BCUT2D eigenvalue weighted by Gasteiger charge is -2.19. The topological polar surface area (TPSA) is 59.0 Å². The predicted octanol–water partition coefficient (Wildman–Crippen LogP) is 2.23. The molecule has 0 radical (unpaired) electrons. The van der Waals surface area contributed by atoms with Gasteiger partial charge in [0.15, 0.2) is 0 Å². The van der Waals surface area contributed by atoms with E-state index in [4.69, 9.17) is 9.47 Å². The van der Waals surface area contributed by atoms with Crippen molar-refractivity contribution >= 4 is 22.4 Å². The van der Waals surface area contributed by atoms with Crippen LogP contribution in [0.5, 0.6) is 5.75 Å². The number of benzene rings is 2. The van der Waals surface area contributed by atoms with E-state index in [1.807, 2.05) is 24.3 Å². The van der Waals surface area contributed by atoms with Crippen LogP contribution < -0.4 is 4.90 Å². The molecule has 5 nitrogen and oxygen atoms in total. The predicted molar refractivity (Wildman–Crippen MR) is 74.4 cm³/mol. The van der Waals surface area contributed by atoms with Crippen molar-refractivity contribution in [3.63, 3.8) is 0 Å². The zero-order valence-electron chi connectivity index (χ0n) is 11.2. The summed E-state index contributed by atoms with van der Waals surface area (Å²) < 4.78 is 10.4. The van der Waals surface area contributed by atoms with E-state index in [9.17, 15) is 9.90 Å². The highest BCUT2D eigenvalue weighted by molar-refractivity contribution is 6.00. The van der Waals surface area contributed by atoms with Crippen LogP contribution >= 0.6 is 0 Å². The fourth-order valence-corrected chi connectivity index (χ4v) is 2.45. The van der Waals surface area contributed by atoms with E-state index in [0.29, 0.717) is 0 Å². The Balaban J connectivity index is 2.02. The molecular formula is C15H15NO4. The van der Waals surface area contributed by atoms with Crippen LogP contribution in [0, 0.1) is 0 Å². The Labute approximate surface area is 116 Å². The van der Waals surface area contributed by atoms with Gasteiger partial charge in [-0.2, -0.15) is 0 Å². The first-order valence-corrected chi connectivity index (χ1v) is 6.34. The van der Waals surface area contributed by atoms with Gasteiger partial charge in [0.1, 0.15) is 12.0 Å². The van der Waals surface area contributed by atoms with Crippen LogP contribution in [-0.2, 0) is 14.3 Å². The fourth-order valence-electron chi connectivity index (χ4n) is 2.45. The van der Waals surface area contributed by atoms with Crippen molar-refractivity contribution in [2.24, 2.45) is 0 Å². The highest BCUT2D eigenvalue weighted by Crippen LogP contribution is 2.30. The number of amides is 1. The van der Waals surface area contributed by atoms with Gasteiger partial charge < -0.3 is 14.6 Å². The van der Waals surface area contributed by atoms with Crippen LogP contribution in [0.15, 0.2) is 36.4 Å². The highest BCUT2D eigenvalue weighted by atomic mass is 16.7. The average Bonchev–Trinajstić information content (AvgIpc) is 2.73. The molecule has 0 saturated carbocycles. The van der Waals surface area contributed by atoms with Crippen LogP contribution in [0.25, 0.3) is 10.8 Å². The molecule has 0 aromatic heterocycles. The molecule has 1 aliphatic heterocycles. The molecule has 2 atom stereocenters. The molecule has 2 unspecified atom stereocenters. The number of aromatic hydroxyl groups is 1. The second-order valence-corrected chi connectivity index (χ2v) is 4.73. The number of hydrogen-bond acceptors (Lipinski definition) is 4. The first-order valence-electron chi connectivity index (χ1n) is 6.34. The number of fused-ring (bicyclic) bond motifs is 1. The molecule has 1 heterocycles. The average molecular weight is 273 g/mol. The van der Waals surface area contributed by atoms with Gasteiger partial charge in [0.25, 0.3) is 5.91 Å². The van der Waals surface area contributed by atoms with Crippen molar-refractivity contribution in [2.75, 3.05) is 12.0 Å². The van der Waals surface area contributed by atoms with Crippen LogP contribution in [0.3, 0.4) is 0 Å². The molecule has 5 heteroatoms. The monoisotopic (exact) mass is 273 g/mol. The number of carbonyl (C=O) groups is 1. The Bertz CT molecular complexity index is 670. The van der Waals surface area contributed by atoms with E-state index in [2.05, 4.69) is 0 Å². The molecule has 20 heavy (non-hydrogen) atoms. The van der Waals surface area contributed by atoms with Crippen LogP contribution in [-0.4, -0.2) is 30.6 Å². The maximum atomic E-state index is 12.2. The summed E-state index contributed by atoms with van der Waals surface area (Å²) in [4.78, 5) is 13.7. The Kier molecular flexibility index (Phi) is 3.08. The van der Waals surface area contributed by atoms with Gasteiger partial charge in [0.2, 0.25) is 6.29 Å². The molecule has 1 amide bonds. The number of carbonyl (C=O) groups excluding carboxylic acids is 1. The van der Waals surface area contributed by atoms with Crippen molar-refractivity contribution in [2.45, 2.75) is 19.4 Å². The molecule has 3 rings (SSSR count). The van der Waals surface area contributed by atoms with Gasteiger partial charge in [-0.15, -0.1) is 0 Å². The summed E-state index contributed by atoms with van der Waals surface area (Å²) in [5.74, 6) is 0.0109. The van der Waals surface area contributed by atoms with Gasteiger partial charge in [0.05, 0.1) is 0 Å². The van der Waals surface area contributed by atoms with Gasteiger partial charge >= 0.3 is 0 Å². The van der Waals surface area contributed by atoms with E-state index in [-0.39, 0.29) is 17.9 Å². The number of ether oxygens (including phenoxy) is 2. The van der Waals surface area contributed by atoms with Crippen molar-refractivity contribution in [1.82, 2.24) is 0 Å². The highest BCUT2D eigenvalue weighted by Gasteiger charge is 2.39. The van der Waals surface area contributed by atoms with E-state index in [1.54, 1.807) is 24.0 Å². The Morgan fingerprint density at radius 3 is 2.60 bits per heavy atom. The molecule has 0 bridgehead atoms. The molecule has 1 aliphatic rings. The third kappa shape index (κ3) is 2.01. The molecule has 0 aliphatic carbocycles. The molecule has 2 aromatic rings. The summed E-state index contributed by atoms with van der Waals surface area (Å²) in [6.45, 7) is 1.80. The van der Waals surface area contributed by atoms with E-state index in [1.165, 1.54) is 7.11 Å². The molecule has 1 fully saturated rings. The molecular weight excluding hydrogens is 258 g/mol. The van der Waals surface area contributed by atoms with Gasteiger partial charge in [-0.3, -0.25) is 9.69 Å². The zero-order valence-corrected chi connectivity index (χ0v) is 11.2. The summed E-state index contributed by atoms with van der Waals surface area (Å²) in [7, 11) is 1.45. The molecule has 0 spiro atoms. The summed E-state index contributed by atoms with van der Waals surface area (Å²) >= 11 is 0. The number of phenols is 1. The van der Waals surface area contributed by atoms with Crippen molar-refractivity contribution in [3.8, 4) is 5.75 Å². The minimum Gasteiger partial charge on any atom is -0.508 e. The summed E-state index contributed by atoms with van der Waals surface area (Å²) in [6, 6.07) is 10.7. The summed E-state index contributed by atoms with van der Waals surface area (Å²) in [5, 5.41) is 11.3. The van der Waals surface area contributed by atoms with Crippen molar-refractivity contribution < 1.29 is 19.4 Å². The quantitative estimate of drug-likeness (QED) is 0.911. The lowest BCUT2D eigenvalue weighted by molar-refractivity contribution is -0.149. The van der Waals surface area contributed by atoms with Crippen molar-refractivity contribution in [1.29, 1.82) is 0 Å². The molecule has 104 valence electrons. The standard InChI is InChI=1S/C15H15NO4/c1-9-16(14(18)15(19-2)20-9)12-5-3-11-8-13(17)6-4-10(11)7-12/h3-9,15,17H,1-2H3. The smallest absolute Gasteiger partial charge is 0.286 e. The number of rotatable bonds is 2. The van der Waals surface area contributed by atoms with Gasteiger partial charge in [-0.1, -0.05) is 12.1 Å². The first-order chi connectivity index (χ1) is 9.60. The number of nitrogens with zero attached hydrogens (tertiary/aromatic N) is 1. The lowest BCUT2D eigenvalue weighted by Crippen LogP contribution is -2.33. The minimum atomic E-state index is -0.847. The molecule has 1 N–H and O–H groups in total. The van der Waals surface area contributed by atoms with Crippen molar-refractivity contribution in [3.05, 3.63) is 36.4 Å². The third-order valence-electron chi connectivity index (χ3n) is 3.42. The number of phenolic OH excluding ortho intramolecular Hbond substituents is 1. The Hall–Kier alpha value is -2.11. The van der Waals surface area contributed by atoms with E-state index >= 15 is 0 Å². The number of anilines is 1. The normalized spacial score (nSPS) is 22.7. The number of methoxy groups -OCH3 is 1. The maximum absolute atomic E-state index is 12.2. The largest absolute Gasteiger partial charge is 0.508 e. The summed E-state index contributed by atoms with van der Waals surface area (Å²) in [6.07, 6.45) is -1.22. The Morgan fingerprint density at radius 1 is 1.20 bits per heavy atom. The number of hydrogen-bond donors (Lipinski definition) is 1. The van der Waals surface area contributed by atoms with E-state index in [0.717, 1.165) is 16.5 Å². The second-order valence-electron chi connectivity index (χ2n) is 4.73. The maximum Gasteiger partial charge on any atom is 0.286 e.